The largest absolute Gasteiger partial charge is 0.352 e. The van der Waals surface area contributed by atoms with Gasteiger partial charge in [-0.15, -0.1) is 11.3 Å². The Kier molecular flexibility index (Phi) is 5.57. The first-order chi connectivity index (χ1) is 14.0. The molecule has 0 spiro atoms. The topological polar surface area (TPSA) is 93.0 Å². The summed E-state index contributed by atoms with van der Waals surface area (Å²) in [6, 6.07) is 0. The summed E-state index contributed by atoms with van der Waals surface area (Å²) < 4.78 is 1.55. The second-order valence-corrected chi connectivity index (χ2v) is 8.53. The zero-order valence-electron chi connectivity index (χ0n) is 16.6. The summed E-state index contributed by atoms with van der Waals surface area (Å²) in [5.41, 5.74) is 1.97. The number of hydrogen-bond donors (Lipinski definition) is 1. The molecule has 0 atom stereocenters. The maximum Gasteiger partial charge on any atom is 0.262 e. The summed E-state index contributed by atoms with van der Waals surface area (Å²) >= 11 is 1.64. The van der Waals surface area contributed by atoms with E-state index in [1.807, 2.05) is 19.0 Å². The molecular weight excluding hydrogens is 388 g/mol. The van der Waals surface area contributed by atoms with E-state index in [4.69, 9.17) is 0 Å². The number of hydrogen-bond acceptors (Lipinski definition) is 7. The van der Waals surface area contributed by atoms with Crippen LogP contribution in [0, 0.1) is 0 Å². The highest BCUT2D eigenvalue weighted by molar-refractivity contribution is 7.18. The number of fused-ring (bicyclic) bond motifs is 3. The highest BCUT2D eigenvalue weighted by Gasteiger charge is 2.20. The van der Waals surface area contributed by atoms with Gasteiger partial charge in [0.1, 0.15) is 4.83 Å². The van der Waals surface area contributed by atoms with Crippen LogP contribution in [0.3, 0.4) is 0 Å². The van der Waals surface area contributed by atoms with Crippen molar-refractivity contribution >= 4 is 33.4 Å². The van der Waals surface area contributed by atoms with Crippen molar-refractivity contribution in [1.29, 1.82) is 0 Å². The molecular formula is C20H24N6O2S. The fourth-order valence-electron chi connectivity index (χ4n) is 3.52. The number of carbonyl (C=O) groups excluding carboxylic acids is 1. The first kappa shape index (κ1) is 19.5. The van der Waals surface area contributed by atoms with Gasteiger partial charge in [0, 0.05) is 56.4 Å². The van der Waals surface area contributed by atoms with Crippen molar-refractivity contribution in [3.63, 3.8) is 0 Å². The normalized spacial score (nSPS) is 13.3. The van der Waals surface area contributed by atoms with Gasteiger partial charge in [0.05, 0.1) is 11.7 Å². The van der Waals surface area contributed by atoms with E-state index in [-0.39, 0.29) is 17.9 Å². The Labute approximate surface area is 172 Å². The number of carbonyl (C=O) groups is 1. The molecule has 0 radical (unpaired) electrons. The molecule has 1 aliphatic carbocycles. The van der Waals surface area contributed by atoms with Gasteiger partial charge >= 0.3 is 0 Å². The summed E-state index contributed by atoms with van der Waals surface area (Å²) in [5, 5.41) is 3.61. The molecule has 1 N–H and O–H groups in total. The van der Waals surface area contributed by atoms with Gasteiger partial charge in [-0.2, -0.15) is 0 Å². The standard InChI is InChI=1S/C20H24N6O2S/c1-25(2)20-22-10-13(11-23-20)9-21-16(27)7-8-26-12-24-18-17(19(26)28)14-5-3-4-6-15(14)29-18/h10-12H,3-9H2,1-2H3,(H,21,27). The molecule has 3 aromatic heterocycles. The third-order valence-electron chi connectivity index (χ3n) is 5.10. The van der Waals surface area contributed by atoms with Crippen LogP contribution < -0.4 is 15.8 Å². The lowest BCUT2D eigenvalue weighted by Gasteiger charge is -2.11. The van der Waals surface area contributed by atoms with Crippen LogP contribution in [0.15, 0.2) is 23.5 Å². The first-order valence-corrected chi connectivity index (χ1v) is 10.6. The Morgan fingerprint density at radius 1 is 1.21 bits per heavy atom. The number of aromatic nitrogens is 4. The highest BCUT2D eigenvalue weighted by Crippen LogP contribution is 2.33. The molecule has 0 saturated heterocycles. The van der Waals surface area contributed by atoms with Crippen molar-refractivity contribution in [3.8, 4) is 0 Å². The fraction of sp³-hybridized carbons (Fsp3) is 0.450. The van der Waals surface area contributed by atoms with Gasteiger partial charge in [0.25, 0.3) is 5.56 Å². The molecule has 1 aliphatic rings. The van der Waals surface area contributed by atoms with Gasteiger partial charge in [-0.3, -0.25) is 14.2 Å². The Morgan fingerprint density at radius 3 is 2.72 bits per heavy atom. The van der Waals surface area contributed by atoms with Crippen LogP contribution in [0.2, 0.25) is 0 Å². The minimum Gasteiger partial charge on any atom is -0.352 e. The van der Waals surface area contributed by atoms with Gasteiger partial charge in [-0.25, -0.2) is 15.0 Å². The maximum absolute atomic E-state index is 12.9. The van der Waals surface area contributed by atoms with Crippen molar-refractivity contribution < 1.29 is 4.79 Å². The second kappa shape index (κ2) is 8.28. The molecule has 9 heteroatoms. The summed E-state index contributed by atoms with van der Waals surface area (Å²) in [7, 11) is 3.74. The van der Waals surface area contributed by atoms with Gasteiger partial charge in [-0.1, -0.05) is 0 Å². The van der Waals surface area contributed by atoms with Crippen molar-refractivity contribution in [2.45, 2.75) is 45.2 Å². The number of nitrogens with zero attached hydrogens (tertiary/aromatic N) is 5. The quantitative estimate of drug-likeness (QED) is 0.665. The maximum atomic E-state index is 12.9. The van der Waals surface area contributed by atoms with E-state index >= 15 is 0 Å². The SMILES string of the molecule is CN(C)c1ncc(CNC(=O)CCn2cnc3sc4c(c3c2=O)CCCC4)cn1. The zero-order valence-corrected chi connectivity index (χ0v) is 17.5. The third kappa shape index (κ3) is 4.14. The third-order valence-corrected chi connectivity index (χ3v) is 6.30. The van der Waals surface area contributed by atoms with Crippen LogP contribution in [0.5, 0.6) is 0 Å². The number of amides is 1. The lowest BCUT2D eigenvalue weighted by atomic mass is 9.97. The van der Waals surface area contributed by atoms with Crippen LogP contribution in [0.4, 0.5) is 5.95 Å². The Hall–Kier alpha value is -2.81. The average molecular weight is 413 g/mol. The Morgan fingerprint density at radius 2 is 1.97 bits per heavy atom. The van der Waals surface area contributed by atoms with E-state index in [0.717, 1.165) is 35.0 Å². The predicted octanol–water partition coefficient (Wildman–Crippen LogP) is 1.90. The smallest absolute Gasteiger partial charge is 0.262 e. The summed E-state index contributed by atoms with van der Waals surface area (Å²) in [6.07, 6.45) is 9.47. The monoisotopic (exact) mass is 412 g/mol. The van der Waals surface area contributed by atoms with Crippen molar-refractivity contribution in [2.24, 2.45) is 0 Å². The number of thiophene rings is 1. The lowest BCUT2D eigenvalue weighted by Crippen LogP contribution is -2.27. The molecule has 152 valence electrons. The molecule has 8 nitrogen and oxygen atoms in total. The Bertz CT molecular complexity index is 1090. The van der Waals surface area contributed by atoms with E-state index in [1.54, 1.807) is 34.6 Å². The zero-order chi connectivity index (χ0) is 20.4. The van der Waals surface area contributed by atoms with E-state index in [0.29, 0.717) is 19.0 Å². The van der Waals surface area contributed by atoms with E-state index in [9.17, 15) is 9.59 Å². The molecule has 29 heavy (non-hydrogen) atoms. The van der Waals surface area contributed by atoms with E-state index in [1.165, 1.54) is 16.9 Å². The van der Waals surface area contributed by atoms with Crippen LogP contribution in [0.25, 0.3) is 10.2 Å². The van der Waals surface area contributed by atoms with Crippen LogP contribution in [-0.4, -0.2) is 39.5 Å². The Balaban J connectivity index is 1.38. The molecule has 3 aromatic rings. The molecule has 3 heterocycles. The van der Waals surface area contributed by atoms with Crippen LogP contribution in [-0.2, 0) is 30.7 Å². The van der Waals surface area contributed by atoms with Crippen LogP contribution >= 0.6 is 11.3 Å². The van der Waals surface area contributed by atoms with Gasteiger partial charge in [-0.05, 0) is 31.2 Å². The molecule has 0 bridgehead atoms. The van der Waals surface area contributed by atoms with Crippen LogP contribution in [0.1, 0.15) is 35.3 Å². The minimum atomic E-state index is -0.124. The molecule has 1 amide bonds. The molecule has 4 rings (SSSR count). The van der Waals surface area contributed by atoms with Gasteiger partial charge < -0.3 is 10.2 Å². The molecule has 0 saturated carbocycles. The van der Waals surface area contributed by atoms with E-state index < -0.39 is 0 Å². The summed E-state index contributed by atoms with van der Waals surface area (Å²) in [6.45, 7) is 0.672. The van der Waals surface area contributed by atoms with Gasteiger partial charge in [0.15, 0.2) is 0 Å². The first-order valence-electron chi connectivity index (χ1n) is 9.77. The lowest BCUT2D eigenvalue weighted by molar-refractivity contribution is -0.121. The molecule has 0 aliphatic heterocycles. The van der Waals surface area contributed by atoms with Crippen molar-refractivity contribution in [3.05, 3.63) is 45.1 Å². The van der Waals surface area contributed by atoms with Crippen molar-refractivity contribution in [2.75, 3.05) is 19.0 Å². The number of rotatable bonds is 6. The fourth-order valence-corrected chi connectivity index (χ4v) is 4.74. The molecule has 0 unspecified atom stereocenters. The summed E-state index contributed by atoms with van der Waals surface area (Å²) in [4.78, 5) is 42.0. The highest BCUT2D eigenvalue weighted by atomic mass is 32.1. The second-order valence-electron chi connectivity index (χ2n) is 7.45. The molecule has 0 fully saturated rings. The summed E-state index contributed by atoms with van der Waals surface area (Å²) in [5.74, 6) is 0.499. The number of nitrogens with one attached hydrogen (secondary N) is 1. The number of anilines is 1. The predicted molar refractivity (Wildman–Crippen MR) is 113 cm³/mol. The average Bonchev–Trinajstić information content (AvgIpc) is 3.11. The molecule has 0 aromatic carbocycles. The van der Waals surface area contributed by atoms with Gasteiger partial charge in [0.2, 0.25) is 11.9 Å². The van der Waals surface area contributed by atoms with Crippen molar-refractivity contribution in [1.82, 2.24) is 24.8 Å². The number of aryl methyl sites for hydroxylation is 3. The minimum absolute atomic E-state index is 0.0325. The van der Waals surface area contributed by atoms with E-state index in [2.05, 4.69) is 20.3 Å².